The highest BCUT2D eigenvalue weighted by molar-refractivity contribution is 5.80. The average molecular weight is 491 g/mol. The fourth-order valence-corrected chi connectivity index (χ4v) is 3.65. The summed E-state index contributed by atoms with van der Waals surface area (Å²) in [7, 11) is 0. The Hall–Kier alpha value is -2.83. The number of alkyl halides is 3. The van der Waals surface area contributed by atoms with Gasteiger partial charge in [-0.05, 0) is 43.7 Å². The SMILES string of the molecule is C=C(NC(C)c1cnc(CCC)cn1)C1CC1c1cc2ccccc2[nH]1.CC.CCCF.FCF. The molecule has 1 fully saturated rings. The Morgan fingerprint density at radius 3 is 2.31 bits per heavy atom. The lowest BCUT2D eigenvalue weighted by atomic mass is 10.1. The summed E-state index contributed by atoms with van der Waals surface area (Å²) in [6.45, 7) is 12.4. The first kappa shape index (κ1) is 30.2. The molecule has 0 radical (unpaired) electrons. The van der Waals surface area contributed by atoms with Crippen molar-refractivity contribution < 1.29 is 13.2 Å². The molecular formula is C28H41F3N4. The van der Waals surface area contributed by atoms with E-state index in [4.69, 9.17) is 0 Å². The minimum atomic E-state index is -1.75. The predicted molar refractivity (Wildman–Crippen MR) is 141 cm³/mol. The van der Waals surface area contributed by atoms with Crippen LogP contribution in [0.2, 0.25) is 0 Å². The van der Waals surface area contributed by atoms with Gasteiger partial charge in [-0.15, -0.1) is 0 Å². The summed E-state index contributed by atoms with van der Waals surface area (Å²) in [4.78, 5) is 12.6. The van der Waals surface area contributed by atoms with Crippen molar-refractivity contribution in [1.29, 1.82) is 0 Å². The second-order valence-corrected chi connectivity index (χ2v) is 8.12. The fraction of sp³-hybridized carbons (Fsp3) is 0.500. The standard InChI is InChI=1S/C22H26N4.C3H7F.C2H6.CH2F2/c1-4-7-17-12-24-22(13-23-17)15(3)25-14(2)18-11-19(18)21-10-16-8-5-6-9-20(16)26-21;1-2-3-4;1-2;2-1-3/h5-6,8-10,12-13,15,18-19,25-26H,2,4,7,11H2,1,3H3;2-3H2,1H3;1-2H3;1H2. The quantitative estimate of drug-likeness (QED) is 0.335. The highest BCUT2D eigenvalue weighted by atomic mass is 19.3. The van der Waals surface area contributed by atoms with E-state index in [1.54, 1.807) is 6.92 Å². The van der Waals surface area contributed by atoms with Gasteiger partial charge in [0.25, 0.3) is 0 Å². The maximum Gasteiger partial charge on any atom is 0.229 e. The Labute approximate surface area is 208 Å². The van der Waals surface area contributed by atoms with Crippen LogP contribution in [0.15, 0.2) is 55.0 Å². The van der Waals surface area contributed by atoms with Gasteiger partial charge in [0.2, 0.25) is 6.93 Å². The van der Waals surface area contributed by atoms with Gasteiger partial charge < -0.3 is 10.3 Å². The maximum atomic E-state index is 10.7. The molecule has 4 rings (SSSR count). The van der Waals surface area contributed by atoms with E-state index in [9.17, 15) is 13.2 Å². The van der Waals surface area contributed by atoms with Crippen LogP contribution in [0.3, 0.4) is 0 Å². The number of benzene rings is 1. The van der Waals surface area contributed by atoms with Crippen molar-refractivity contribution >= 4 is 10.9 Å². The molecular weight excluding hydrogens is 449 g/mol. The van der Waals surface area contributed by atoms with Crippen LogP contribution in [-0.4, -0.2) is 28.6 Å². The lowest BCUT2D eigenvalue weighted by Crippen LogP contribution is -2.20. The van der Waals surface area contributed by atoms with Crippen molar-refractivity contribution in [3.8, 4) is 0 Å². The number of para-hydroxylation sites is 1. The third-order valence-corrected chi connectivity index (χ3v) is 5.45. The van der Waals surface area contributed by atoms with Gasteiger partial charge in [0.05, 0.1) is 30.3 Å². The molecule has 1 saturated carbocycles. The smallest absolute Gasteiger partial charge is 0.229 e. The number of fused-ring (bicyclic) bond motifs is 1. The molecule has 0 aliphatic heterocycles. The van der Waals surface area contributed by atoms with Crippen LogP contribution < -0.4 is 5.32 Å². The van der Waals surface area contributed by atoms with Crippen LogP contribution in [-0.2, 0) is 6.42 Å². The molecule has 194 valence electrons. The summed E-state index contributed by atoms with van der Waals surface area (Å²) in [5.74, 6) is 1.02. The molecule has 3 unspecified atom stereocenters. The summed E-state index contributed by atoms with van der Waals surface area (Å²) in [5.41, 5.74) is 5.65. The van der Waals surface area contributed by atoms with Crippen molar-refractivity contribution in [2.45, 2.75) is 72.3 Å². The van der Waals surface area contributed by atoms with Gasteiger partial charge in [0.1, 0.15) is 0 Å². The number of rotatable bonds is 8. The summed E-state index contributed by atoms with van der Waals surface area (Å²) < 4.78 is 30.0. The number of aromatic amines is 1. The number of hydrogen-bond donors (Lipinski definition) is 2. The molecule has 1 aromatic carbocycles. The van der Waals surface area contributed by atoms with E-state index in [2.05, 4.69) is 71.0 Å². The molecule has 1 aliphatic rings. The van der Waals surface area contributed by atoms with Gasteiger partial charge >= 0.3 is 0 Å². The van der Waals surface area contributed by atoms with E-state index in [1.165, 1.54) is 16.6 Å². The van der Waals surface area contributed by atoms with Crippen LogP contribution in [0.1, 0.15) is 82.9 Å². The average Bonchev–Trinajstić information content (AvgIpc) is 3.58. The molecule has 3 atom stereocenters. The summed E-state index contributed by atoms with van der Waals surface area (Å²) in [6, 6.07) is 10.8. The number of nitrogens with one attached hydrogen (secondary N) is 2. The largest absolute Gasteiger partial charge is 0.380 e. The molecule has 2 heterocycles. The lowest BCUT2D eigenvalue weighted by molar-refractivity contribution is 0.295. The van der Waals surface area contributed by atoms with Gasteiger partial charge in [0, 0.05) is 34.9 Å². The van der Waals surface area contributed by atoms with E-state index in [0.717, 1.165) is 36.3 Å². The molecule has 0 amide bonds. The number of allylic oxidation sites excluding steroid dienone is 1. The second kappa shape index (κ2) is 16.7. The van der Waals surface area contributed by atoms with E-state index in [-0.39, 0.29) is 12.7 Å². The minimum Gasteiger partial charge on any atom is -0.380 e. The molecule has 1 aliphatic carbocycles. The zero-order valence-corrected chi connectivity index (χ0v) is 21.8. The topological polar surface area (TPSA) is 53.6 Å². The number of aryl methyl sites for hydroxylation is 1. The van der Waals surface area contributed by atoms with Crippen LogP contribution in [0.4, 0.5) is 13.2 Å². The zero-order chi connectivity index (χ0) is 26.2. The van der Waals surface area contributed by atoms with Crippen molar-refractivity contribution in [2.75, 3.05) is 13.6 Å². The van der Waals surface area contributed by atoms with Gasteiger partial charge in [0.15, 0.2) is 0 Å². The van der Waals surface area contributed by atoms with E-state index in [0.29, 0.717) is 18.3 Å². The number of halogens is 3. The first-order valence-electron chi connectivity index (χ1n) is 12.5. The van der Waals surface area contributed by atoms with Gasteiger partial charge in [-0.3, -0.25) is 14.4 Å². The molecule has 35 heavy (non-hydrogen) atoms. The Balaban J connectivity index is 0.000000597. The maximum absolute atomic E-state index is 10.7. The molecule has 2 N–H and O–H groups in total. The third kappa shape index (κ3) is 9.74. The first-order valence-corrected chi connectivity index (χ1v) is 12.5. The van der Waals surface area contributed by atoms with Gasteiger partial charge in [-0.1, -0.05) is 58.9 Å². The van der Waals surface area contributed by atoms with Gasteiger partial charge in [-0.2, -0.15) is 0 Å². The Kier molecular flexibility index (Phi) is 14.4. The molecule has 4 nitrogen and oxygen atoms in total. The molecule has 7 heteroatoms. The van der Waals surface area contributed by atoms with Crippen molar-refractivity contribution in [3.05, 3.63) is 72.1 Å². The highest BCUT2D eigenvalue weighted by Crippen LogP contribution is 2.51. The summed E-state index contributed by atoms with van der Waals surface area (Å²) >= 11 is 0. The number of aromatic nitrogens is 3. The number of hydrogen-bond acceptors (Lipinski definition) is 3. The molecule has 0 saturated heterocycles. The summed E-state index contributed by atoms with van der Waals surface area (Å²) in [6.07, 6.45) is 7.65. The van der Waals surface area contributed by atoms with Crippen molar-refractivity contribution in [2.24, 2.45) is 5.92 Å². The normalized spacial score (nSPS) is 16.5. The van der Waals surface area contributed by atoms with Crippen molar-refractivity contribution in [1.82, 2.24) is 20.3 Å². The highest BCUT2D eigenvalue weighted by Gasteiger charge is 2.41. The third-order valence-electron chi connectivity index (χ3n) is 5.45. The van der Waals surface area contributed by atoms with Crippen LogP contribution in [0.5, 0.6) is 0 Å². The zero-order valence-electron chi connectivity index (χ0n) is 21.8. The Morgan fingerprint density at radius 1 is 1.11 bits per heavy atom. The second-order valence-electron chi connectivity index (χ2n) is 8.12. The Bertz CT molecular complexity index is 937. The molecule has 2 aromatic heterocycles. The lowest BCUT2D eigenvalue weighted by Gasteiger charge is -2.17. The van der Waals surface area contributed by atoms with Crippen LogP contribution in [0, 0.1) is 5.92 Å². The number of nitrogens with zero attached hydrogens (tertiary/aromatic N) is 2. The Morgan fingerprint density at radius 2 is 1.77 bits per heavy atom. The van der Waals surface area contributed by atoms with Crippen LogP contribution in [0.25, 0.3) is 10.9 Å². The van der Waals surface area contributed by atoms with E-state index < -0.39 is 6.93 Å². The molecule has 0 spiro atoms. The minimum absolute atomic E-state index is 0.120. The van der Waals surface area contributed by atoms with Crippen molar-refractivity contribution in [3.63, 3.8) is 0 Å². The first-order chi connectivity index (χ1) is 17.0. The predicted octanol–water partition coefficient (Wildman–Crippen LogP) is 8.15. The summed E-state index contributed by atoms with van der Waals surface area (Å²) in [5, 5.41) is 4.81. The molecule has 0 bridgehead atoms. The van der Waals surface area contributed by atoms with Crippen LogP contribution >= 0.6 is 0 Å². The van der Waals surface area contributed by atoms with E-state index >= 15 is 0 Å². The fourth-order valence-electron chi connectivity index (χ4n) is 3.65. The number of H-pyrrole nitrogens is 1. The van der Waals surface area contributed by atoms with E-state index in [1.807, 2.05) is 26.2 Å². The monoisotopic (exact) mass is 490 g/mol. The van der Waals surface area contributed by atoms with Gasteiger partial charge in [-0.25, -0.2) is 8.78 Å². The molecule has 3 aromatic rings.